The molecule has 5 aromatic carbocycles. The number of hydrogen-bond acceptors (Lipinski definition) is 8. The van der Waals surface area contributed by atoms with Crippen LogP contribution in [-0.2, 0) is 25.9 Å². The Morgan fingerprint density at radius 1 is 0.804 bits per heavy atom. The number of nitrogens with zero attached hydrogens (tertiary/aromatic N) is 1. The van der Waals surface area contributed by atoms with Gasteiger partial charge < -0.3 is 24.6 Å². The highest BCUT2D eigenvalue weighted by molar-refractivity contribution is 7.91. The van der Waals surface area contributed by atoms with Crippen molar-refractivity contribution < 1.29 is 32.5 Å². The Balaban J connectivity index is 1.39. The number of nitrogens with one attached hydrogen (secondary N) is 1. The number of carbonyl (C=O) groups excluding carboxylic acids is 1. The molecule has 0 fully saturated rings. The number of ether oxygens (including phenoxy) is 3. The standard InChI is InChI=1S/C41H40N2O7S/c1-48-35-21-13-30(14-22-35)29-42-40(45)41(25-28-51(46,47)37-11-6-3-7-12-37)38(33-17-15-32(16-18-33)31-9-4-2-5-10-31)50-39(43-41)34-19-23-36(24-20-34)49-27-8-26-44/h2-7,9-24,38,44H,8,25-29H2,1H3,(H,42,45)/t38-,41-/m1/s1. The maximum atomic E-state index is 14.6. The van der Waals surface area contributed by atoms with Crippen LogP contribution in [0.4, 0.5) is 0 Å². The zero-order valence-electron chi connectivity index (χ0n) is 28.3. The van der Waals surface area contributed by atoms with E-state index in [1.54, 1.807) is 61.7 Å². The molecule has 0 aliphatic carbocycles. The number of benzene rings is 5. The summed E-state index contributed by atoms with van der Waals surface area (Å²) in [4.78, 5) is 19.8. The van der Waals surface area contributed by atoms with Gasteiger partial charge in [0, 0.05) is 31.6 Å². The van der Waals surface area contributed by atoms with Crippen LogP contribution in [-0.4, -0.2) is 56.9 Å². The first-order chi connectivity index (χ1) is 24.8. The van der Waals surface area contributed by atoms with Gasteiger partial charge in [-0.3, -0.25) is 4.79 Å². The summed E-state index contributed by atoms with van der Waals surface area (Å²) >= 11 is 0. The molecule has 9 nitrogen and oxygen atoms in total. The van der Waals surface area contributed by atoms with Crippen molar-refractivity contribution in [3.8, 4) is 22.6 Å². The monoisotopic (exact) mass is 704 g/mol. The third kappa shape index (κ3) is 8.30. The van der Waals surface area contributed by atoms with Crippen molar-refractivity contribution in [2.24, 2.45) is 4.99 Å². The minimum absolute atomic E-state index is 0.0268. The lowest BCUT2D eigenvalue weighted by Gasteiger charge is -2.30. The fourth-order valence-corrected chi connectivity index (χ4v) is 7.35. The lowest BCUT2D eigenvalue weighted by Crippen LogP contribution is -2.49. The van der Waals surface area contributed by atoms with E-state index in [4.69, 9.17) is 24.3 Å². The van der Waals surface area contributed by atoms with E-state index >= 15 is 0 Å². The number of methoxy groups -OCH3 is 1. The zero-order chi connectivity index (χ0) is 35.7. The molecule has 262 valence electrons. The largest absolute Gasteiger partial charge is 0.497 e. The minimum atomic E-state index is -3.79. The summed E-state index contributed by atoms with van der Waals surface area (Å²) in [7, 11) is -2.21. The van der Waals surface area contributed by atoms with E-state index in [1.165, 1.54) is 0 Å². The van der Waals surface area contributed by atoms with Gasteiger partial charge in [-0.05, 0) is 70.8 Å². The van der Waals surface area contributed by atoms with Gasteiger partial charge in [0.1, 0.15) is 11.5 Å². The molecule has 1 amide bonds. The van der Waals surface area contributed by atoms with Crippen LogP contribution in [0.5, 0.6) is 11.5 Å². The quantitative estimate of drug-likeness (QED) is 0.118. The van der Waals surface area contributed by atoms with Crippen molar-refractivity contribution in [2.45, 2.75) is 35.9 Å². The number of aliphatic hydroxyl groups is 1. The van der Waals surface area contributed by atoms with Crippen LogP contribution in [0.2, 0.25) is 0 Å². The molecule has 0 saturated heterocycles. The normalized spacial score (nSPS) is 16.9. The molecule has 2 atom stereocenters. The Morgan fingerprint density at radius 2 is 1.41 bits per heavy atom. The van der Waals surface area contributed by atoms with E-state index in [1.807, 2.05) is 78.9 Å². The molecule has 0 saturated carbocycles. The molecule has 0 radical (unpaired) electrons. The summed E-state index contributed by atoms with van der Waals surface area (Å²) in [5.41, 5.74) is 2.48. The summed E-state index contributed by atoms with van der Waals surface area (Å²) < 4.78 is 44.9. The summed E-state index contributed by atoms with van der Waals surface area (Å²) in [5, 5.41) is 12.2. The number of carbonyl (C=O) groups is 1. The second kappa shape index (κ2) is 16.1. The van der Waals surface area contributed by atoms with Gasteiger partial charge in [0.25, 0.3) is 5.91 Å². The van der Waals surface area contributed by atoms with Gasteiger partial charge in [-0.25, -0.2) is 13.4 Å². The molecule has 1 aliphatic rings. The Hall–Kier alpha value is -5.45. The SMILES string of the molecule is COc1ccc(CNC(=O)[C@]2(CCS(=O)(=O)c3ccccc3)N=C(c3ccc(OCCCO)cc3)O[C@@H]2c2ccc(-c3ccccc3)cc2)cc1. The number of aliphatic hydroxyl groups excluding tert-OH is 1. The van der Waals surface area contributed by atoms with Crippen LogP contribution in [0.25, 0.3) is 11.1 Å². The lowest BCUT2D eigenvalue weighted by molar-refractivity contribution is -0.129. The molecular weight excluding hydrogens is 665 g/mol. The number of amides is 1. The maximum absolute atomic E-state index is 14.6. The number of hydrogen-bond donors (Lipinski definition) is 2. The lowest BCUT2D eigenvalue weighted by atomic mass is 9.84. The second-order valence-corrected chi connectivity index (χ2v) is 14.3. The summed E-state index contributed by atoms with van der Waals surface area (Å²) in [6.07, 6.45) is -0.586. The van der Waals surface area contributed by atoms with Crippen molar-refractivity contribution in [2.75, 3.05) is 26.1 Å². The van der Waals surface area contributed by atoms with Crippen LogP contribution in [0.15, 0.2) is 143 Å². The first kappa shape index (κ1) is 35.4. The zero-order valence-corrected chi connectivity index (χ0v) is 29.1. The third-order valence-corrected chi connectivity index (χ3v) is 10.5. The van der Waals surface area contributed by atoms with Crippen molar-refractivity contribution in [3.63, 3.8) is 0 Å². The number of aliphatic imine (C=N–C) groups is 1. The molecule has 5 aromatic rings. The van der Waals surface area contributed by atoms with Gasteiger partial charge in [-0.15, -0.1) is 0 Å². The van der Waals surface area contributed by atoms with Crippen LogP contribution in [0, 0.1) is 0 Å². The predicted octanol–water partition coefficient (Wildman–Crippen LogP) is 6.56. The third-order valence-electron chi connectivity index (χ3n) is 8.82. The molecular formula is C41H40N2O7S. The molecule has 0 aromatic heterocycles. The van der Waals surface area contributed by atoms with Crippen molar-refractivity contribution >= 4 is 21.6 Å². The second-order valence-electron chi connectivity index (χ2n) is 12.2. The molecule has 0 bridgehead atoms. The Morgan fingerprint density at radius 3 is 2.06 bits per heavy atom. The van der Waals surface area contributed by atoms with E-state index < -0.39 is 27.4 Å². The molecule has 10 heteroatoms. The van der Waals surface area contributed by atoms with Crippen LogP contribution in [0.3, 0.4) is 0 Å². The molecule has 0 unspecified atom stereocenters. The van der Waals surface area contributed by atoms with Crippen molar-refractivity contribution in [3.05, 3.63) is 150 Å². The maximum Gasteiger partial charge on any atom is 0.252 e. The average Bonchev–Trinajstić information content (AvgIpc) is 3.58. The highest BCUT2D eigenvalue weighted by Crippen LogP contribution is 2.43. The molecule has 1 heterocycles. The minimum Gasteiger partial charge on any atom is -0.497 e. The van der Waals surface area contributed by atoms with E-state index in [0.717, 1.165) is 16.7 Å². The van der Waals surface area contributed by atoms with E-state index in [2.05, 4.69) is 5.32 Å². The van der Waals surface area contributed by atoms with Gasteiger partial charge in [-0.2, -0.15) is 0 Å². The van der Waals surface area contributed by atoms with Gasteiger partial charge in [-0.1, -0.05) is 84.9 Å². The highest BCUT2D eigenvalue weighted by Gasteiger charge is 2.53. The molecule has 1 aliphatic heterocycles. The predicted molar refractivity (Wildman–Crippen MR) is 197 cm³/mol. The average molecular weight is 705 g/mol. The molecule has 2 N–H and O–H groups in total. The summed E-state index contributed by atoms with van der Waals surface area (Å²) in [5.74, 6) is 0.707. The van der Waals surface area contributed by atoms with Crippen molar-refractivity contribution in [1.29, 1.82) is 0 Å². The smallest absolute Gasteiger partial charge is 0.252 e. The van der Waals surface area contributed by atoms with Crippen LogP contribution in [0.1, 0.15) is 35.6 Å². The van der Waals surface area contributed by atoms with Gasteiger partial charge >= 0.3 is 0 Å². The Bertz CT molecular complexity index is 2040. The topological polar surface area (TPSA) is 124 Å². The van der Waals surface area contributed by atoms with E-state index in [0.29, 0.717) is 35.7 Å². The number of sulfone groups is 1. The first-order valence-corrected chi connectivity index (χ1v) is 18.4. The first-order valence-electron chi connectivity index (χ1n) is 16.8. The fraction of sp³-hybridized carbons (Fsp3) is 0.220. The molecule has 51 heavy (non-hydrogen) atoms. The fourth-order valence-electron chi connectivity index (χ4n) is 5.97. The summed E-state index contributed by atoms with van der Waals surface area (Å²) in [6.45, 7) is 0.571. The van der Waals surface area contributed by atoms with Crippen LogP contribution < -0.4 is 14.8 Å². The Kier molecular flexibility index (Phi) is 11.1. The Labute approximate surface area is 298 Å². The van der Waals surface area contributed by atoms with Gasteiger partial charge in [0.15, 0.2) is 21.5 Å². The van der Waals surface area contributed by atoms with Gasteiger partial charge in [0.05, 0.1) is 24.4 Å². The van der Waals surface area contributed by atoms with Gasteiger partial charge in [0.2, 0.25) is 5.90 Å². The molecule has 0 spiro atoms. The van der Waals surface area contributed by atoms with Crippen molar-refractivity contribution in [1.82, 2.24) is 5.32 Å². The highest BCUT2D eigenvalue weighted by atomic mass is 32.2. The summed E-state index contributed by atoms with van der Waals surface area (Å²) in [6, 6.07) is 40.3. The van der Waals surface area contributed by atoms with E-state index in [-0.39, 0.29) is 36.1 Å². The van der Waals surface area contributed by atoms with Crippen LogP contribution >= 0.6 is 0 Å². The van der Waals surface area contributed by atoms with E-state index in [9.17, 15) is 13.2 Å². The molecule has 6 rings (SSSR count). The number of rotatable bonds is 15.